The molecule has 7 heteroatoms. The molecule has 0 unspecified atom stereocenters. The van der Waals surface area contributed by atoms with Crippen LogP contribution in [0.1, 0.15) is 19.3 Å². The molecule has 2 amide bonds. The van der Waals surface area contributed by atoms with Gasteiger partial charge in [0.15, 0.2) is 0 Å². The fraction of sp³-hybridized carbons (Fsp3) is 0.375. The van der Waals surface area contributed by atoms with Crippen LogP contribution in [0.25, 0.3) is 10.8 Å². The highest BCUT2D eigenvalue weighted by Crippen LogP contribution is 2.21. The molecule has 31 heavy (non-hydrogen) atoms. The fourth-order valence-corrected chi connectivity index (χ4v) is 4.37. The first-order valence-electron chi connectivity index (χ1n) is 11.1. The number of benzene rings is 2. The monoisotopic (exact) mass is 416 g/mol. The van der Waals surface area contributed by atoms with Gasteiger partial charge in [0.1, 0.15) is 5.82 Å². The van der Waals surface area contributed by atoms with Crippen molar-refractivity contribution in [1.29, 1.82) is 0 Å². The van der Waals surface area contributed by atoms with Gasteiger partial charge in [-0.25, -0.2) is 9.78 Å². The van der Waals surface area contributed by atoms with Crippen LogP contribution in [-0.2, 0) is 0 Å². The van der Waals surface area contributed by atoms with Crippen LogP contribution in [0.15, 0.2) is 54.7 Å². The van der Waals surface area contributed by atoms with Gasteiger partial charge in [0.2, 0.25) is 5.95 Å². The van der Waals surface area contributed by atoms with Crippen LogP contribution in [0.5, 0.6) is 0 Å². The highest BCUT2D eigenvalue weighted by Gasteiger charge is 2.23. The maximum Gasteiger partial charge on any atom is 0.321 e. The Morgan fingerprint density at radius 3 is 2.39 bits per heavy atom. The molecule has 2 fully saturated rings. The van der Waals surface area contributed by atoms with E-state index in [9.17, 15) is 4.79 Å². The lowest BCUT2D eigenvalue weighted by Gasteiger charge is -2.35. The van der Waals surface area contributed by atoms with E-state index in [1.165, 1.54) is 24.6 Å². The molecule has 3 heterocycles. The summed E-state index contributed by atoms with van der Waals surface area (Å²) in [6, 6.07) is 16.1. The first-order valence-corrected chi connectivity index (χ1v) is 11.1. The molecule has 2 aliphatic rings. The molecule has 0 atom stereocenters. The van der Waals surface area contributed by atoms with Crippen LogP contribution in [0.2, 0.25) is 0 Å². The zero-order valence-electron chi connectivity index (χ0n) is 17.7. The van der Waals surface area contributed by atoms with Gasteiger partial charge < -0.3 is 20.0 Å². The molecule has 0 radical (unpaired) electrons. The Hall–Kier alpha value is -3.35. The van der Waals surface area contributed by atoms with Gasteiger partial charge in [-0.05, 0) is 48.2 Å². The summed E-state index contributed by atoms with van der Waals surface area (Å²) in [5.41, 5.74) is 0.827. The summed E-state index contributed by atoms with van der Waals surface area (Å²) in [6.07, 6.45) is 5.56. The standard InChI is InChI=1S/C24H28N6O/c31-24(26-21-9-8-19-6-2-3-7-20(19)18-21)30-16-14-28(15-17-30)22-10-11-25-23(27-22)29-12-4-1-5-13-29/h2-3,6-11,18H,1,4-5,12-17H2,(H,26,31). The number of nitrogens with one attached hydrogen (secondary N) is 1. The molecule has 7 nitrogen and oxygen atoms in total. The van der Waals surface area contributed by atoms with Gasteiger partial charge in [0.25, 0.3) is 0 Å². The number of rotatable bonds is 3. The lowest BCUT2D eigenvalue weighted by molar-refractivity contribution is 0.208. The number of carbonyl (C=O) groups excluding carboxylic acids is 1. The third kappa shape index (κ3) is 4.40. The average molecular weight is 417 g/mol. The van der Waals surface area contributed by atoms with E-state index in [2.05, 4.69) is 32.2 Å². The van der Waals surface area contributed by atoms with E-state index in [0.717, 1.165) is 49.0 Å². The maximum atomic E-state index is 12.8. The Labute approximate surface area is 182 Å². The van der Waals surface area contributed by atoms with Crippen LogP contribution < -0.4 is 15.1 Å². The highest BCUT2D eigenvalue weighted by molar-refractivity contribution is 5.93. The van der Waals surface area contributed by atoms with Crippen molar-refractivity contribution in [2.24, 2.45) is 0 Å². The van der Waals surface area contributed by atoms with Crippen molar-refractivity contribution < 1.29 is 4.79 Å². The smallest absolute Gasteiger partial charge is 0.321 e. The second kappa shape index (κ2) is 8.79. The summed E-state index contributed by atoms with van der Waals surface area (Å²) in [7, 11) is 0. The number of fused-ring (bicyclic) bond motifs is 1. The van der Waals surface area contributed by atoms with E-state index in [1.807, 2.05) is 47.5 Å². The minimum absolute atomic E-state index is 0.0494. The Morgan fingerprint density at radius 1 is 0.806 bits per heavy atom. The van der Waals surface area contributed by atoms with Crippen molar-refractivity contribution in [2.45, 2.75) is 19.3 Å². The number of urea groups is 1. The molecule has 0 bridgehead atoms. The van der Waals surface area contributed by atoms with Gasteiger partial charge >= 0.3 is 6.03 Å². The summed E-state index contributed by atoms with van der Waals surface area (Å²) in [4.78, 5) is 28.5. The Balaban J connectivity index is 1.19. The number of nitrogens with zero attached hydrogens (tertiary/aromatic N) is 5. The molecule has 1 aromatic heterocycles. The predicted octanol–water partition coefficient (Wildman–Crippen LogP) is 3.97. The van der Waals surface area contributed by atoms with E-state index in [-0.39, 0.29) is 6.03 Å². The van der Waals surface area contributed by atoms with Gasteiger partial charge in [-0.15, -0.1) is 0 Å². The van der Waals surface area contributed by atoms with Crippen LogP contribution in [0, 0.1) is 0 Å². The van der Waals surface area contributed by atoms with Gasteiger partial charge in [0, 0.05) is 51.2 Å². The van der Waals surface area contributed by atoms with E-state index < -0.39 is 0 Å². The summed E-state index contributed by atoms with van der Waals surface area (Å²) in [5.74, 6) is 1.78. The normalized spacial score (nSPS) is 17.1. The van der Waals surface area contributed by atoms with Crippen LogP contribution in [-0.4, -0.2) is 60.2 Å². The lowest BCUT2D eigenvalue weighted by Crippen LogP contribution is -2.50. The topological polar surface area (TPSA) is 64.6 Å². The average Bonchev–Trinajstić information content (AvgIpc) is 2.85. The molecule has 0 saturated carbocycles. The first-order chi connectivity index (χ1) is 15.3. The first kappa shape index (κ1) is 19.6. The quantitative estimate of drug-likeness (QED) is 0.700. The molecule has 5 rings (SSSR count). The zero-order chi connectivity index (χ0) is 21.0. The minimum Gasteiger partial charge on any atom is -0.353 e. The molecular formula is C24H28N6O. The van der Waals surface area contributed by atoms with Crippen molar-refractivity contribution in [3.05, 3.63) is 54.7 Å². The number of aromatic nitrogens is 2. The third-order valence-electron chi connectivity index (χ3n) is 6.16. The van der Waals surface area contributed by atoms with Gasteiger partial charge in [-0.1, -0.05) is 30.3 Å². The summed E-state index contributed by atoms with van der Waals surface area (Å²) < 4.78 is 0. The number of carbonyl (C=O) groups is 1. The van der Waals surface area contributed by atoms with Crippen molar-refractivity contribution in [1.82, 2.24) is 14.9 Å². The number of hydrogen-bond acceptors (Lipinski definition) is 5. The minimum atomic E-state index is -0.0494. The number of hydrogen-bond donors (Lipinski definition) is 1. The molecule has 2 saturated heterocycles. The summed E-state index contributed by atoms with van der Waals surface area (Å²) in [5, 5.41) is 5.34. The number of piperazine rings is 1. The van der Waals surface area contributed by atoms with Crippen LogP contribution >= 0.6 is 0 Å². The maximum absolute atomic E-state index is 12.8. The highest BCUT2D eigenvalue weighted by atomic mass is 16.2. The zero-order valence-corrected chi connectivity index (χ0v) is 17.7. The van der Waals surface area contributed by atoms with Crippen LogP contribution in [0.4, 0.5) is 22.2 Å². The van der Waals surface area contributed by atoms with Crippen molar-refractivity contribution in [3.8, 4) is 0 Å². The van der Waals surface area contributed by atoms with E-state index in [1.54, 1.807) is 0 Å². The Bertz CT molecular complexity index is 1060. The molecular weight excluding hydrogens is 388 g/mol. The predicted molar refractivity (Wildman–Crippen MR) is 125 cm³/mol. The Kier molecular flexibility index (Phi) is 5.56. The Morgan fingerprint density at radius 2 is 1.58 bits per heavy atom. The molecule has 3 aromatic rings. The van der Waals surface area contributed by atoms with Gasteiger partial charge in [-0.2, -0.15) is 4.98 Å². The molecule has 0 aliphatic carbocycles. The fourth-order valence-electron chi connectivity index (χ4n) is 4.37. The number of anilines is 3. The summed E-state index contributed by atoms with van der Waals surface area (Å²) in [6.45, 7) is 4.94. The van der Waals surface area contributed by atoms with Gasteiger partial charge in [-0.3, -0.25) is 0 Å². The van der Waals surface area contributed by atoms with Crippen molar-refractivity contribution in [2.75, 3.05) is 54.4 Å². The number of piperidine rings is 1. The second-order valence-electron chi connectivity index (χ2n) is 8.23. The molecule has 2 aromatic carbocycles. The van der Waals surface area contributed by atoms with Crippen molar-refractivity contribution in [3.63, 3.8) is 0 Å². The van der Waals surface area contributed by atoms with E-state index >= 15 is 0 Å². The molecule has 160 valence electrons. The third-order valence-corrected chi connectivity index (χ3v) is 6.16. The number of amides is 2. The van der Waals surface area contributed by atoms with E-state index in [0.29, 0.717) is 13.1 Å². The van der Waals surface area contributed by atoms with Gasteiger partial charge in [0.05, 0.1) is 0 Å². The largest absolute Gasteiger partial charge is 0.353 e. The molecule has 2 aliphatic heterocycles. The summed E-state index contributed by atoms with van der Waals surface area (Å²) >= 11 is 0. The van der Waals surface area contributed by atoms with Crippen LogP contribution in [0.3, 0.4) is 0 Å². The molecule has 0 spiro atoms. The second-order valence-corrected chi connectivity index (χ2v) is 8.23. The molecule has 1 N–H and O–H groups in total. The van der Waals surface area contributed by atoms with E-state index in [4.69, 9.17) is 4.98 Å². The van der Waals surface area contributed by atoms with Crippen molar-refractivity contribution >= 4 is 34.3 Å². The SMILES string of the molecule is O=C(Nc1ccc2ccccc2c1)N1CCN(c2ccnc(N3CCCCC3)n2)CC1. The lowest BCUT2D eigenvalue weighted by atomic mass is 10.1.